The molecule has 52 heavy (non-hydrogen) atoms. The average Bonchev–Trinajstić information content (AvgIpc) is 3.70. The Hall–Kier alpha value is -4.26. The number of ether oxygens (including phenoxy) is 2. The molecule has 4 aromatic rings. The molecule has 4 atom stereocenters. The summed E-state index contributed by atoms with van der Waals surface area (Å²) in [7, 11) is -12.2. The average molecular weight is 820 g/mol. The summed E-state index contributed by atoms with van der Waals surface area (Å²) in [6, 6.07) is 41.0. The zero-order chi connectivity index (χ0) is 37.5. The van der Waals surface area contributed by atoms with E-state index in [0.717, 1.165) is 22.3 Å². The summed E-state index contributed by atoms with van der Waals surface area (Å²) in [6.07, 6.45) is 0.0789. The third kappa shape index (κ3) is 11.4. The van der Waals surface area contributed by atoms with Crippen LogP contribution in [0.4, 0.5) is 26.3 Å². The number of hydrogen-bond acceptors (Lipinski definition) is 10. The molecule has 0 N–H and O–H groups in total. The third-order valence-corrected chi connectivity index (χ3v) is 8.21. The quantitative estimate of drug-likeness (QED) is 0.0849. The van der Waals surface area contributed by atoms with Gasteiger partial charge in [-0.3, -0.25) is 0 Å². The van der Waals surface area contributed by atoms with Crippen LogP contribution >= 0.6 is 0 Å². The van der Waals surface area contributed by atoms with Crippen LogP contribution in [0.2, 0.25) is 0 Å². The van der Waals surface area contributed by atoms with Crippen LogP contribution in [0.1, 0.15) is 53.0 Å². The summed E-state index contributed by atoms with van der Waals surface area (Å²) in [6.45, 7) is 0. The summed E-state index contributed by atoms with van der Waals surface area (Å²) in [5, 5.41) is 0. The molecule has 6 rings (SSSR count). The van der Waals surface area contributed by atoms with Gasteiger partial charge in [0.1, 0.15) is 12.1 Å². The molecule has 0 unspecified atom stereocenters. The van der Waals surface area contributed by atoms with E-state index in [9.17, 15) is 26.3 Å². The molecule has 4 aromatic carbocycles. The fourth-order valence-electron chi connectivity index (χ4n) is 4.82. The first-order valence-electron chi connectivity index (χ1n) is 14.6. The molecule has 2 heterocycles. The fourth-order valence-corrected chi connectivity index (χ4v) is 4.82. The van der Waals surface area contributed by atoms with Crippen molar-refractivity contribution in [2.24, 2.45) is 9.98 Å². The maximum Gasteiger partial charge on any atom is 2.00 e. The van der Waals surface area contributed by atoms with E-state index in [-0.39, 0.29) is 41.4 Å². The molecule has 2 aliphatic rings. The van der Waals surface area contributed by atoms with Gasteiger partial charge in [-0.15, -0.1) is 0 Å². The Labute approximate surface area is 305 Å². The van der Waals surface area contributed by atoms with Gasteiger partial charge >= 0.3 is 28.1 Å². The first-order valence-corrected chi connectivity index (χ1v) is 17.4. The second-order valence-electron chi connectivity index (χ2n) is 10.6. The van der Waals surface area contributed by atoms with Gasteiger partial charge in [0.2, 0.25) is 0 Å². The van der Waals surface area contributed by atoms with Crippen LogP contribution in [0.15, 0.2) is 131 Å². The fraction of sp³-hybridized carbons (Fsp3) is 0.212. The monoisotopic (exact) mass is 819 g/mol. The third-order valence-electron chi connectivity index (χ3n) is 7.07. The van der Waals surface area contributed by atoms with E-state index < -0.39 is 31.3 Å². The summed E-state index contributed by atoms with van der Waals surface area (Å²) in [4.78, 5) is 10.0. The van der Waals surface area contributed by atoms with Gasteiger partial charge in [0.15, 0.2) is 44.2 Å². The van der Waals surface area contributed by atoms with Crippen LogP contribution in [-0.2, 0) is 46.8 Å². The van der Waals surface area contributed by atoms with Crippen molar-refractivity contribution in [3.63, 3.8) is 0 Å². The second-order valence-corrected chi connectivity index (χ2v) is 13.4. The van der Waals surface area contributed by atoms with E-state index in [0.29, 0.717) is 18.2 Å². The van der Waals surface area contributed by atoms with Crippen molar-refractivity contribution in [2.75, 3.05) is 0 Å². The molecule has 1 radical (unpaired) electrons. The van der Waals surface area contributed by atoms with Gasteiger partial charge in [0.25, 0.3) is 0 Å². The summed E-state index contributed by atoms with van der Waals surface area (Å²) in [5.74, 6) is 1.32. The van der Waals surface area contributed by atoms with Gasteiger partial charge < -0.3 is 18.6 Å². The van der Waals surface area contributed by atoms with Crippen LogP contribution in [0.25, 0.3) is 0 Å². The second kappa shape index (κ2) is 17.5. The molecule has 19 heteroatoms. The van der Waals surface area contributed by atoms with E-state index in [2.05, 4.69) is 48.5 Å². The van der Waals surface area contributed by atoms with E-state index in [4.69, 9.17) is 45.4 Å². The number of alkyl halides is 6. The summed E-state index contributed by atoms with van der Waals surface area (Å²) in [5.41, 5.74) is -6.80. The van der Waals surface area contributed by atoms with Crippen molar-refractivity contribution in [2.45, 2.75) is 41.7 Å². The molecular formula is C33H26CuF6N2O8S2. The number of rotatable bonds is 6. The van der Waals surface area contributed by atoms with Crippen LogP contribution in [0.5, 0.6) is 0 Å². The summed E-state index contributed by atoms with van der Waals surface area (Å²) >= 11 is 0. The molecule has 0 saturated carbocycles. The number of hydrogen-bond donors (Lipinski definition) is 0. The van der Waals surface area contributed by atoms with Gasteiger partial charge in [-0.2, -0.15) is 26.3 Å². The Kier molecular flexibility index (Phi) is 14.2. The zero-order valence-electron chi connectivity index (χ0n) is 26.1. The number of nitrogens with zero attached hydrogens (tertiary/aromatic N) is 2. The first kappa shape index (κ1) is 42.2. The standard InChI is InChI=1S/C31H26N2O2.2CHF3O3S.Cu/c1-5-13-22(14-6-1)28-30(24-17-9-3-10-18-24)34-26(32-28)21-27-33-29(23-15-7-2-8-16-23)31(35-27)25-19-11-4-12-20-25;2*2-1(3,4)8(5,6)7;/h1-20,28-31H,21H2;2*(H,5,6,7);/q;;;+2/p-2/t28-,29-,30+,31+;;;/m1.../s1. The molecule has 0 saturated heterocycles. The molecule has 0 aliphatic carbocycles. The predicted octanol–water partition coefficient (Wildman–Crippen LogP) is 7.30. The molecule has 281 valence electrons. The Balaban J connectivity index is 0.000000361. The van der Waals surface area contributed by atoms with Gasteiger partial charge in [-0.05, 0) is 22.3 Å². The normalized spacial score (nSPS) is 19.9. The minimum Gasteiger partial charge on any atom is -0.741 e. The van der Waals surface area contributed by atoms with Crippen molar-refractivity contribution in [1.82, 2.24) is 0 Å². The van der Waals surface area contributed by atoms with Gasteiger partial charge in [-0.1, -0.05) is 121 Å². The Morgan fingerprint density at radius 3 is 0.962 bits per heavy atom. The SMILES string of the molecule is O=S(=O)([O-])C(F)(F)F.O=S(=O)([O-])C(F)(F)F.[Cu+2].c1ccc([C@H]2N=C(CC3=N[C@H](c4ccccc4)[C@H](c4ccccc4)O3)O[C@H]2c2ccccc2)cc1. The topological polar surface area (TPSA) is 158 Å². The predicted molar refractivity (Wildman–Crippen MR) is 170 cm³/mol. The maximum absolute atomic E-state index is 10.7. The van der Waals surface area contributed by atoms with E-state index in [1.54, 1.807) is 0 Å². The molecule has 0 aromatic heterocycles. The van der Waals surface area contributed by atoms with Crippen molar-refractivity contribution < 1.29 is 78.8 Å². The number of halogens is 6. The van der Waals surface area contributed by atoms with E-state index in [1.807, 2.05) is 72.8 Å². The maximum atomic E-state index is 10.7. The Morgan fingerprint density at radius 1 is 0.500 bits per heavy atom. The molecule has 0 bridgehead atoms. The first-order chi connectivity index (χ1) is 23.8. The van der Waals surface area contributed by atoms with E-state index >= 15 is 0 Å². The smallest absolute Gasteiger partial charge is 0.741 e. The van der Waals surface area contributed by atoms with Crippen LogP contribution in [-0.4, -0.2) is 48.8 Å². The van der Waals surface area contributed by atoms with E-state index in [1.165, 1.54) is 0 Å². The zero-order valence-corrected chi connectivity index (χ0v) is 28.7. The van der Waals surface area contributed by atoms with Crippen molar-refractivity contribution in [3.05, 3.63) is 144 Å². The number of benzene rings is 4. The van der Waals surface area contributed by atoms with Crippen molar-refractivity contribution >= 4 is 32.0 Å². The Bertz CT molecular complexity index is 1880. The van der Waals surface area contributed by atoms with Crippen LogP contribution in [0, 0.1) is 0 Å². The largest absolute Gasteiger partial charge is 2.00 e. The minimum absolute atomic E-state index is 0. The summed E-state index contributed by atoms with van der Waals surface area (Å²) < 4.78 is 131. The minimum atomic E-state index is -6.09. The van der Waals surface area contributed by atoms with Gasteiger partial charge in [-0.25, -0.2) is 26.8 Å². The Morgan fingerprint density at radius 2 is 0.731 bits per heavy atom. The molecule has 0 fully saturated rings. The molecule has 0 spiro atoms. The molecule has 10 nitrogen and oxygen atoms in total. The van der Waals surface area contributed by atoms with Crippen molar-refractivity contribution in [1.29, 1.82) is 0 Å². The van der Waals surface area contributed by atoms with Crippen LogP contribution in [0.3, 0.4) is 0 Å². The van der Waals surface area contributed by atoms with Crippen LogP contribution < -0.4 is 0 Å². The molecule has 2 aliphatic heterocycles. The van der Waals surface area contributed by atoms with Gasteiger partial charge in [0, 0.05) is 0 Å². The van der Waals surface area contributed by atoms with Gasteiger partial charge in [0.05, 0.1) is 6.42 Å². The number of aliphatic imine (C=N–C) groups is 2. The molecule has 0 amide bonds. The van der Waals surface area contributed by atoms with Crippen molar-refractivity contribution in [3.8, 4) is 0 Å². The molecular weight excluding hydrogens is 794 g/mol.